The van der Waals surface area contributed by atoms with Gasteiger partial charge >= 0.3 is 6.18 Å². The van der Waals surface area contributed by atoms with Crippen LogP contribution in [0.5, 0.6) is 0 Å². The monoisotopic (exact) mass is 270 g/mol. The van der Waals surface area contributed by atoms with Crippen molar-refractivity contribution in [3.8, 4) is 11.4 Å². The molecule has 1 aromatic carbocycles. The van der Waals surface area contributed by atoms with Gasteiger partial charge in [0.05, 0.1) is 23.6 Å². The molecule has 0 amide bonds. The van der Waals surface area contributed by atoms with Gasteiger partial charge < -0.3 is 9.67 Å². The number of aliphatic hydroxyl groups is 1. The number of halogens is 3. The van der Waals surface area contributed by atoms with Crippen LogP contribution in [0.2, 0.25) is 0 Å². The predicted molar refractivity (Wildman–Crippen MR) is 64.3 cm³/mol. The largest absolute Gasteiger partial charge is 0.416 e. The molecule has 0 saturated carbocycles. The minimum atomic E-state index is -4.34. The summed E-state index contributed by atoms with van der Waals surface area (Å²) in [6, 6.07) is 4.81. The van der Waals surface area contributed by atoms with E-state index in [0.717, 1.165) is 12.1 Å². The lowest BCUT2D eigenvalue weighted by Crippen LogP contribution is -2.04. The molecule has 2 rings (SSSR count). The van der Waals surface area contributed by atoms with E-state index in [1.165, 1.54) is 12.1 Å². The number of hydrogen-bond donors (Lipinski definition) is 1. The van der Waals surface area contributed by atoms with Crippen LogP contribution in [0.15, 0.2) is 24.3 Å². The number of alkyl halides is 3. The van der Waals surface area contributed by atoms with Crippen molar-refractivity contribution in [1.82, 2.24) is 9.55 Å². The highest BCUT2D eigenvalue weighted by Gasteiger charge is 2.30. The molecule has 0 aliphatic rings. The molecule has 0 aliphatic carbocycles. The summed E-state index contributed by atoms with van der Waals surface area (Å²) in [6.07, 6.45) is -4.34. The lowest BCUT2D eigenvalue weighted by molar-refractivity contribution is -0.137. The number of aryl methyl sites for hydroxylation is 1. The fourth-order valence-corrected chi connectivity index (χ4v) is 1.96. The molecule has 0 saturated heterocycles. The van der Waals surface area contributed by atoms with E-state index in [4.69, 9.17) is 0 Å². The van der Waals surface area contributed by atoms with Crippen LogP contribution in [0.3, 0.4) is 0 Å². The van der Waals surface area contributed by atoms with Crippen molar-refractivity contribution in [3.05, 3.63) is 41.2 Å². The standard InChI is InChI=1S/C13H13F3N2O/c1-8-11(7-19)18(2)12(17-8)9-3-5-10(6-4-9)13(14,15)16/h3-6,19H,7H2,1-2H3. The first-order valence-electron chi connectivity index (χ1n) is 5.65. The van der Waals surface area contributed by atoms with E-state index in [1.807, 2.05) is 0 Å². The molecule has 1 N–H and O–H groups in total. The van der Waals surface area contributed by atoms with Crippen molar-refractivity contribution >= 4 is 0 Å². The highest BCUT2D eigenvalue weighted by molar-refractivity contribution is 5.57. The van der Waals surface area contributed by atoms with Crippen LogP contribution in [0.1, 0.15) is 17.0 Å². The van der Waals surface area contributed by atoms with Crippen LogP contribution in [0.4, 0.5) is 13.2 Å². The van der Waals surface area contributed by atoms with Crippen LogP contribution in [0.25, 0.3) is 11.4 Å². The molecule has 0 bridgehead atoms. The summed E-state index contributed by atoms with van der Waals surface area (Å²) >= 11 is 0. The maximum absolute atomic E-state index is 12.5. The third-order valence-electron chi connectivity index (χ3n) is 3.03. The minimum absolute atomic E-state index is 0.157. The summed E-state index contributed by atoms with van der Waals surface area (Å²) in [5, 5.41) is 9.20. The molecular weight excluding hydrogens is 257 g/mol. The van der Waals surface area contributed by atoms with Gasteiger partial charge in [0.25, 0.3) is 0 Å². The van der Waals surface area contributed by atoms with Crippen LogP contribution in [-0.4, -0.2) is 14.7 Å². The number of aromatic nitrogens is 2. The summed E-state index contributed by atoms with van der Waals surface area (Å²) in [6.45, 7) is 1.59. The third-order valence-corrected chi connectivity index (χ3v) is 3.03. The highest BCUT2D eigenvalue weighted by atomic mass is 19.4. The summed E-state index contributed by atoms with van der Waals surface area (Å²) in [4.78, 5) is 4.26. The fraction of sp³-hybridized carbons (Fsp3) is 0.308. The maximum Gasteiger partial charge on any atom is 0.416 e. The molecule has 1 heterocycles. The zero-order valence-electron chi connectivity index (χ0n) is 10.5. The van der Waals surface area contributed by atoms with Gasteiger partial charge in [0, 0.05) is 12.6 Å². The van der Waals surface area contributed by atoms with Crippen molar-refractivity contribution < 1.29 is 18.3 Å². The summed E-state index contributed by atoms with van der Waals surface area (Å²) in [5.41, 5.74) is 1.21. The van der Waals surface area contributed by atoms with E-state index in [1.54, 1.807) is 18.5 Å². The molecule has 2 aromatic rings. The SMILES string of the molecule is Cc1nc(-c2ccc(C(F)(F)F)cc2)n(C)c1CO. The van der Waals surface area contributed by atoms with E-state index >= 15 is 0 Å². The Balaban J connectivity index is 2.43. The van der Waals surface area contributed by atoms with E-state index in [9.17, 15) is 18.3 Å². The third kappa shape index (κ3) is 2.49. The number of nitrogens with zero attached hydrogens (tertiary/aromatic N) is 2. The molecule has 0 unspecified atom stereocenters. The van der Waals surface area contributed by atoms with E-state index in [-0.39, 0.29) is 6.61 Å². The van der Waals surface area contributed by atoms with Crippen molar-refractivity contribution in [2.45, 2.75) is 19.7 Å². The normalized spacial score (nSPS) is 11.9. The Bertz CT molecular complexity index is 585. The van der Waals surface area contributed by atoms with Crippen LogP contribution in [0, 0.1) is 6.92 Å². The minimum Gasteiger partial charge on any atom is -0.390 e. The van der Waals surface area contributed by atoms with Gasteiger partial charge in [0.1, 0.15) is 5.82 Å². The number of imidazole rings is 1. The number of hydrogen-bond acceptors (Lipinski definition) is 2. The lowest BCUT2D eigenvalue weighted by Gasteiger charge is -2.08. The summed E-state index contributed by atoms with van der Waals surface area (Å²) < 4.78 is 39.1. The quantitative estimate of drug-likeness (QED) is 0.911. The molecule has 0 spiro atoms. The predicted octanol–water partition coefficient (Wildman–Crippen LogP) is 2.91. The second-order valence-electron chi connectivity index (χ2n) is 4.26. The topological polar surface area (TPSA) is 38.0 Å². The fourth-order valence-electron chi connectivity index (χ4n) is 1.96. The molecule has 0 radical (unpaired) electrons. The number of rotatable bonds is 2. The number of benzene rings is 1. The van der Waals surface area contributed by atoms with Crippen LogP contribution < -0.4 is 0 Å². The van der Waals surface area contributed by atoms with Gasteiger partial charge in [-0.1, -0.05) is 12.1 Å². The van der Waals surface area contributed by atoms with E-state index in [2.05, 4.69) is 4.98 Å². The maximum atomic E-state index is 12.5. The average Bonchev–Trinajstić information content (AvgIpc) is 2.63. The molecule has 0 aliphatic heterocycles. The molecule has 0 atom stereocenters. The van der Waals surface area contributed by atoms with Gasteiger partial charge in [-0.25, -0.2) is 4.98 Å². The van der Waals surface area contributed by atoms with E-state index < -0.39 is 11.7 Å². The lowest BCUT2D eigenvalue weighted by atomic mass is 10.1. The Labute approximate surface area is 108 Å². The smallest absolute Gasteiger partial charge is 0.390 e. The Hall–Kier alpha value is -1.82. The Morgan fingerprint density at radius 3 is 2.21 bits per heavy atom. The van der Waals surface area contributed by atoms with Gasteiger partial charge in [-0.2, -0.15) is 13.2 Å². The Kier molecular flexibility index (Phi) is 3.36. The Morgan fingerprint density at radius 2 is 1.79 bits per heavy atom. The molecule has 19 heavy (non-hydrogen) atoms. The van der Waals surface area contributed by atoms with Crippen LogP contribution in [-0.2, 0) is 19.8 Å². The zero-order chi connectivity index (χ0) is 14.2. The molecule has 1 aromatic heterocycles. The second-order valence-corrected chi connectivity index (χ2v) is 4.26. The highest BCUT2D eigenvalue weighted by Crippen LogP contribution is 2.31. The van der Waals surface area contributed by atoms with E-state index in [0.29, 0.717) is 22.8 Å². The van der Waals surface area contributed by atoms with Gasteiger partial charge in [0.2, 0.25) is 0 Å². The summed E-state index contributed by atoms with van der Waals surface area (Å²) in [7, 11) is 1.72. The first-order chi connectivity index (χ1) is 8.84. The van der Waals surface area contributed by atoms with Gasteiger partial charge in [-0.15, -0.1) is 0 Å². The summed E-state index contributed by atoms with van der Waals surface area (Å²) in [5.74, 6) is 0.537. The first-order valence-corrected chi connectivity index (χ1v) is 5.65. The first kappa shape index (κ1) is 13.6. The van der Waals surface area contributed by atoms with Crippen molar-refractivity contribution in [3.63, 3.8) is 0 Å². The molecule has 102 valence electrons. The molecule has 6 heteroatoms. The average molecular weight is 270 g/mol. The number of aliphatic hydroxyl groups excluding tert-OH is 1. The molecular formula is C13H13F3N2O. The van der Waals surface area contributed by atoms with Gasteiger partial charge in [-0.3, -0.25) is 0 Å². The van der Waals surface area contributed by atoms with Crippen molar-refractivity contribution in [1.29, 1.82) is 0 Å². The van der Waals surface area contributed by atoms with Crippen LogP contribution >= 0.6 is 0 Å². The second kappa shape index (κ2) is 4.70. The van der Waals surface area contributed by atoms with Gasteiger partial charge in [-0.05, 0) is 19.1 Å². The van der Waals surface area contributed by atoms with Gasteiger partial charge in [0.15, 0.2) is 0 Å². The Morgan fingerprint density at radius 1 is 1.21 bits per heavy atom. The van der Waals surface area contributed by atoms with Crippen molar-refractivity contribution in [2.75, 3.05) is 0 Å². The molecule has 3 nitrogen and oxygen atoms in total. The van der Waals surface area contributed by atoms with Crippen molar-refractivity contribution in [2.24, 2.45) is 7.05 Å². The zero-order valence-corrected chi connectivity index (χ0v) is 10.5. The molecule has 0 fully saturated rings.